The highest BCUT2D eigenvalue weighted by Crippen LogP contribution is 2.36. The Morgan fingerprint density at radius 3 is 2.53 bits per heavy atom. The van der Waals surface area contributed by atoms with Crippen molar-refractivity contribution in [2.24, 2.45) is 0 Å². The maximum atomic E-state index is 12.9. The van der Waals surface area contributed by atoms with Crippen LogP contribution in [-0.4, -0.2) is 28.7 Å². The molecular formula is C21H17ClF3N3O4. The lowest BCUT2D eigenvalue weighted by atomic mass is 10.1. The molecule has 0 unspecified atom stereocenters. The van der Waals surface area contributed by atoms with E-state index in [1.807, 2.05) is 31.2 Å². The zero-order valence-corrected chi connectivity index (χ0v) is 17.5. The third-order valence-corrected chi connectivity index (χ3v) is 4.56. The molecule has 0 aliphatic rings. The molecule has 0 aliphatic heterocycles. The number of aryl methyl sites for hydroxylation is 2. The molecule has 7 nitrogen and oxygen atoms in total. The molecule has 0 saturated heterocycles. The standard InChI is InChI=1S/C21H17ClF3N3O4/c1-12-2-4-13(5-3-12)20-28-27-18(32-20)8-9-19(30)31-11-17(29)26-14-6-7-16(22)15(10-14)21(23,24)25/h2-7,10H,8-9,11H2,1H3,(H,26,29). The van der Waals surface area contributed by atoms with Crippen LogP contribution in [0, 0.1) is 6.92 Å². The van der Waals surface area contributed by atoms with Gasteiger partial charge in [-0.3, -0.25) is 9.59 Å². The van der Waals surface area contributed by atoms with Gasteiger partial charge < -0.3 is 14.5 Å². The number of rotatable bonds is 7. The predicted octanol–water partition coefficient (Wildman–Crippen LogP) is 4.83. The zero-order chi connectivity index (χ0) is 23.3. The zero-order valence-electron chi connectivity index (χ0n) is 16.7. The molecule has 1 amide bonds. The van der Waals surface area contributed by atoms with Crippen molar-refractivity contribution in [3.05, 3.63) is 64.5 Å². The van der Waals surface area contributed by atoms with E-state index in [1.165, 1.54) is 6.07 Å². The fraction of sp³-hybridized carbons (Fsp3) is 0.238. The third-order valence-electron chi connectivity index (χ3n) is 4.23. The lowest BCUT2D eigenvalue weighted by molar-refractivity contribution is -0.147. The van der Waals surface area contributed by atoms with Crippen molar-refractivity contribution in [3.8, 4) is 11.5 Å². The number of benzene rings is 2. The average Bonchev–Trinajstić information content (AvgIpc) is 3.21. The van der Waals surface area contributed by atoms with Crippen molar-refractivity contribution in [2.75, 3.05) is 11.9 Å². The normalized spacial score (nSPS) is 11.3. The Balaban J connectivity index is 1.46. The number of carbonyl (C=O) groups is 2. The van der Waals surface area contributed by atoms with Gasteiger partial charge in [0, 0.05) is 17.7 Å². The van der Waals surface area contributed by atoms with Crippen molar-refractivity contribution < 1.29 is 31.9 Å². The average molecular weight is 468 g/mol. The minimum atomic E-state index is -4.67. The van der Waals surface area contributed by atoms with Gasteiger partial charge in [-0.25, -0.2) is 0 Å². The molecule has 1 heterocycles. The first-order chi connectivity index (χ1) is 15.1. The maximum absolute atomic E-state index is 12.9. The quantitative estimate of drug-likeness (QED) is 0.500. The second kappa shape index (κ2) is 9.82. The highest BCUT2D eigenvalue weighted by atomic mass is 35.5. The monoisotopic (exact) mass is 467 g/mol. The molecule has 3 aromatic rings. The van der Waals surface area contributed by atoms with Crippen molar-refractivity contribution >= 4 is 29.2 Å². The van der Waals surface area contributed by atoms with Crippen LogP contribution in [0.1, 0.15) is 23.4 Å². The lowest BCUT2D eigenvalue weighted by Crippen LogP contribution is -2.21. The van der Waals surface area contributed by atoms with E-state index in [9.17, 15) is 22.8 Å². The van der Waals surface area contributed by atoms with Gasteiger partial charge in [-0.05, 0) is 37.3 Å². The molecule has 0 aliphatic carbocycles. The van der Waals surface area contributed by atoms with Crippen LogP contribution in [0.2, 0.25) is 5.02 Å². The fourth-order valence-corrected chi connectivity index (χ4v) is 2.84. The summed E-state index contributed by atoms with van der Waals surface area (Å²) >= 11 is 5.53. The number of amides is 1. The van der Waals surface area contributed by atoms with Gasteiger partial charge >= 0.3 is 12.1 Å². The summed E-state index contributed by atoms with van der Waals surface area (Å²) in [7, 11) is 0. The van der Waals surface area contributed by atoms with Crippen LogP contribution in [0.3, 0.4) is 0 Å². The van der Waals surface area contributed by atoms with Gasteiger partial charge in [-0.15, -0.1) is 10.2 Å². The van der Waals surface area contributed by atoms with Gasteiger partial charge in [0.1, 0.15) is 0 Å². The molecule has 0 saturated carbocycles. The Labute approximate surface area is 185 Å². The molecule has 0 atom stereocenters. The number of ether oxygens (including phenoxy) is 1. The Kier molecular flexibility index (Phi) is 7.14. The van der Waals surface area contributed by atoms with Crippen molar-refractivity contribution in [3.63, 3.8) is 0 Å². The minimum Gasteiger partial charge on any atom is -0.456 e. The van der Waals surface area contributed by atoms with Gasteiger partial charge in [-0.2, -0.15) is 13.2 Å². The predicted molar refractivity (Wildman–Crippen MR) is 109 cm³/mol. The van der Waals surface area contributed by atoms with E-state index in [0.29, 0.717) is 12.0 Å². The number of alkyl halides is 3. The molecule has 0 spiro atoms. The first-order valence-corrected chi connectivity index (χ1v) is 9.71. The van der Waals surface area contributed by atoms with Crippen molar-refractivity contribution in [2.45, 2.75) is 25.9 Å². The second-order valence-electron chi connectivity index (χ2n) is 6.77. The van der Waals surface area contributed by atoms with E-state index in [1.54, 1.807) is 0 Å². The first-order valence-electron chi connectivity index (χ1n) is 9.33. The molecule has 0 bridgehead atoms. The highest BCUT2D eigenvalue weighted by molar-refractivity contribution is 6.31. The number of esters is 1. The molecule has 1 N–H and O–H groups in total. The van der Waals surface area contributed by atoms with E-state index < -0.39 is 35.2 Å². The summed E-state index contributed by atoms with van der Waals surface area (Å²) in [5, 5.41) is 9.52. The van der Waals surface area contributed by atoms with Crippen LogP contribution in [0.15, 0.2) is 46.9 Å². The lowest BCUT2D eigenvalue weighted by Gasteiger charge is -2.12. The Morgan fingerprint density at radius 1 is 1.12 bits per heavy atom. The van der Waals surface area contributed by atoms with Crippen LogP contribution < -0.4 is 5.32 Å². The minimum absolute atomic E-state index is 0.103. The third kappa shape index (κ3) is 6.30. The van der Waals surface area contributed by atoms with E-state index in [2.05, 4.69) is 15.5 Å². The Hall–Kier alpha value is -3.40. The molecule has 3 rings (SSSR count). The summed E-state index contributed by atoms with van der Waals surface area (Å²) in [6.07, 6.45) is -4.69. The van der Waals surface area contributed by atoms with E-state index >= 15 is 0 Å². The number of carbonyl (C=O) groups excluding carboxylic acids is 2. The number of halogens is 4. The van der Waals surface area contributed by atoms with Crippen LogP contribution in [0.5, 0.6) is 0 Å². The largest absolute Gasteiger partial charge is 0.456 e. The molecule has 0 radical (unpaired) electrons. The number of anilines is 1. The van der Waals surface area contributed by atoms with Gasteiger partial charge in [0.2, 0.25) is 11.8 Å². The molecule has 11 heteroatoms. The summed E-state index contributed by atoms with van der Waals surface area (Å²) < 4.78 is 49.0. The SMILES string of the molecule is Cc1ccc(-c2nnc(CCC(=O)OCC(=O)Nc3ccc(Cl)c(C(F)(F)F)c3)o2)cc1. The van der Waals surface area contributed by atoms with Crippen LogP contribution in [0.25, 0.3) is 11.5 Å². The van der Waals surface area contributed by atoms with Crippen LogP contribution >= 0.6 is 11.6 Å². The molecule has 2 aromatic carbocycles. The first kappa shape index (κ1) is 23.3. The number of hydrogen-bond acceptors (Lipinski definition) is 6. The summed E-state index contributed by atoms with van der Waals surface area (Å²) in [5.74, 6) is -0.965. The molecule has 0 fully saturated rings. The van der Waals surface area contributed by atoms with E-state index in [-0.39, 0.29) is 24.4 Å². The summed E-state index contributed by atoms with van der Waals surface area (Å²) in [6.45, 7) is 1.28. The summed E-state index contributed by atoms with van der Waals surface area (Å²) in [4.78, 5) is 23.7. The fourth-order valence-electron chi connectivity index (χ4n) is 2.61. The van der Waals surface area contributed by atoms with Crippen LogP contribution in [-0.2, 0) is 26.9 Å². The van der Waals surface area contributed by atoms with Crippen molar-refractivity contribution in [1.82, 2.24) is 10.2 Å². The number of nitrogens with zero attached hydrogens (tertiary/aromatic N) is 2. The smallest absolute Gasteiger partial charge is 0.417 e. The number of aromatic nitrogens is 2. The Bertz CT molecular complexity index is 1110. The van der Waals surface area contributed by atoms with Crippen molar-refractivity contribution in [1.29, 1.82) is 0 Å². The number of hydrogen-bond donors (Lipinski definition) is 1. The summed E-state index contributed by atoms with van der Waals surface area (Å²) in [5.41, 5.74) is 0.609. The summed E-state index contributed by atoms with van der Waals surface area (Å²) in [6, 6.07) is 10.4. The molecular weight excluding hydrogens is 451 g/mol. The number of nitrogens with one attached hydrogen (secondary N) is 1. The van der Waals surface area contributed by atoms with Gasteiger partial charge in [-0.1, -0.05) is 29.3 Å². The van der Waals surface area contributed by atoms with Gasteiger partial charge in [0.25, 0.3) is 5.91 Å². The van der Waals surface area contributed by atoms with E-state index in [0.717, 1.165) is 17.2 Å². The van der Waals surface area contributed by atoms with E-state index in [4.69, 9.17) is 20.8 Å². The highest BCUT2D eigenvalue weighted by Gasteiger charge is 2.33. The molecule has 32 heavy (non-hydrogen) atoms. The molecule has 168 valence electrons. The maximum Gasteiger partial charge on any atom is 0.417 e. The Morgan fingerprint density at radius 2 is 1.84 bits per heavy atom. The van der Waals surface area contributed by atoms with Gasteiger partial charge in [0.05, 0.1) is 17.0 Å². The molecule has 1 aromatic heterocycles. The van der Waals surface area contributed by atoms with Gasteiger partial charge in [0.15, 0.2) is 6.61 Å². The van der Waals surface area contributed by atoms with Crippen LogP contribution in [0.4, 0.5) is 18.9 Å². The topological polar surface area (TPSA) is 94.3 Å². The second-order valence-corrected chi connectivity index (χ2v) is 7.18.